The summed E-state index contributed by atoms with van der Waals surface area (Å²) in [4.78, 5) is 15.7. The van der Waals surface area contributed by atoms with Crippen LogP contribution in [0.2, 0.25) is 0 Å². The molecule has 1 aromatic rings. The van der Waals surface area contributed by atoms with Gasteiger partial charge in [-0.1, -0.05) is 72.6 Å². The van der Waals surface area contributed by atoms with Gasteiger partial charge in [-0.3, -0.25) is 9.36 Å². The Morgan fingerprint density at radius 3 is 1.97 bits per heavy atom. The predicted octanol–water partition coefficient (Wildman–Crippen LogP) is 8.59. The smallest absolute Gasteiger partial charge is 0.330 e. The SMILES string of the molecule is CCOP(=O)(CCCCCCCN1C=CSC(=Cc2cc(C(C)(C)C)c(O)c(C(C)(C)C)c2)C1=O)OCC. The van der Waals surface area contributed by atoms with Gasteiger partial charge in [0, 0.05) is 23.9 Å². The van der Waals surface area contributed by atoms with Gasteiger partial charge >= 0.3 is 7.60 Å². The van der Waals surface area contributed by atoms with Crippen LogP contribution in [0.4, 0.5) is 0 Å². The van der Waals surface area contributed by atoms with Gasteiger partial charge in [-0.25, -0.2) is 0 Å². The number of carbonyl (C=O) groups excluding carboxylic acids is 1. The number of unbranched alkanes of at least 4 members (excludes halogenated alkanes) is 4. The number of hydrogen-bond donors (Lipinski definition) is 1. The number of hydrogen-bond acceptors (Lipinski definition) is 6. The molecule has 8 heteroatoms. The number of phenols is 1. The molecule has 0 bridgehead atoms. The zero-order valence-electron chi connectivity index (χ0n) is 24.6. The Kier molecular flexibility index (Phi) is 12.2. The molecule has 1 aliphatic rings. The Labute approximate surface area is 234 Å². The normalized spacial score (nSPS) is 16.1. The van der Waals surface area contributed by atoms with Crippen molar-refractivity contribution < 1.29 is 23.5 Å². The van der Waals surface area contributed by atoms with Crippen molar-refractivity contribution >= 4 is 31.3 Å². The van der Waals surface area contributed by atoms with Crippen LogP contribution < -0.4 is 0 Å². The van der Waals surface area contributed by atoms with Crippen LogP contribution in [0.25, 0.3) is 6.08 Å². The fourth-order valence-corrected chi connectivity index (χ4v) is 6.93. The van der Waals surface area contributed by atoms with E-state index in [1.54, 1.807) is 4.90 Å². The van der Waals surface area contributed by atoms with E-state index in [1.807, 2.05) is 43.7 Å². The van der Waals surface area contributed by atoms with E-state index in [0.717, 1.165) is 48.8 Å². The van der Waals surface area contributed by atoms with E-state index in [0.29, 0.717) is 36.6 Å². The molecule has 0 saturated heterocycles. The van der Waals surface area contributed by atoms with E-state index < -0.39 is 7.60 Å². The molecule has 1 aromatic carbocycles. The van der Waals surface area contributed by atoms with Crippen molar-refractivity contribution in [3.8, 4) is 5.75 Å². The first kappa shape index (κ1) is 32.7. The molecule has 214 valence electrons. The van der Waals surface area contributed by atoms with Gasteiger partial charge in [0.25, 0.3) is 5.91 Å². The monoisotopic (exact) mass is 565 g/mol. The first-order valence-corrected chi connectivity index (χ1v) is 16.4. The standard InChI is InChI=1S/C30H48NO5PS/c1-9-35-37(34,36-10-2)18-15-13-11-12-14-16-31-17-19-38-26(28(31)33)22-23-20-24(29(3,4)5)27(32)25(21-23)30(6,7)8/h17,19-22,32H,9-16,18H2,1-8H3. The van der Waals surface area contributed by atoms with E-state index in [1.165, 1.54) is 11.8 Å². The second-order valence-electron chi connectivity index (χ2n) is 11.8. The van der Waals surface area contributed by atoms with Crippen LogP contribution in [0.1, 0.15) is 104 Å². The van der Waals surface area contributed by atoms with Gasteiger partial charge in [-0.2, -0.15) is 0 Å². The third-order valence-corrected chi connectivity index (χ3v) is 9.41. The molecule has 0 fully saturated rings. The molecule has 1 amide bonds. The van der Waals surface area contributed by atoms with Crippen molar-refractivity contribution in [2.45, 2.75) is 98.3 Å². The number of nitrogens with zero attached hydrogens (tertiary/aromatic N) is 1. The predicted molar refractivity (Wildman–Crippen MR) is 161 cm³/mol. The molecule has 38 heavy (non-hydrogen) atoms. The van der Waals surface area contributed by atoms with Crippen LogP contribution in [0.5, 0.6) is 5.75 Å². The average Bonchev–Trinajstić information content (AvgIpc) is 2.80. The van der Waals surface area contributed by atoms with Crippen molar-refractivity contribution in [3.63, 3.8) is 0 Å². The quantitative estimate of drug-likeness (QED) is 0.147. The zero-order chi connectivity index (χ0) is 28.6. The Hall–Kier alpha value is -1.53. The van der Waals surface area contributed by atoms with Crippen molar-refractivity contribution in [1.29, 1.82) is 0 Å². The van der Waals surface area contributed by atoms with Gasteiger partial charge < -0.3 is 19.1 Å². The van der Waals surface area contributed by atoms with E-state index in [2.05, 4.69) is 41.5 Å². The fourth-order valence-electron chi connectivity index (χ4n) is 4.42. The summed E-state index contributed by atoms with van der Waals surface area (Å²) in [6.07, 6.45) is 8.96. The van der Waals surface area contributed by atoms with E-state index >= 15 is 0 Å². The molecule has 0 atom stereocenters. The summed E-state index contributed by atoms with van der Waals surface area (Å²) in [7, 11) is -2.95. The molecule has 0 unspecified atom stereocenters. The summed E-state index contributed by atoms with van der Waals surface area (Å²) < 4.78 is 23.3. The first-order chi connectivity index (χ1) is 17.7. The molecule has 0 aromatic heterocycles. The Morgan fingerprint density at radius 2 is 1.45 bits per heavy atom. The third kappa shape index (κ3) is 9.59. The van der Waals surface area contributed by atoms with Crippen LogP contribution in [-0.2, 0) is 29.2 Å². The molecule has 1 aliphatic heterocycles. The molecular weight excluding hydrogens is 517 g/mol. The molecule has 0 aliphatic carbocycles. The maximum Gasteiger partial charge on any atom is 0.330 e. The maximum atomic E-state index is 13.2. The Bertz CT molecular complexity index is 1010. The van der Waals surface area contributed by atoms with E-state index in [4.69, 9.17) is 9.05 Å². The summed E-state index contributed by atoms with van der Waals surface area (Å²) in [6, 6.07) is 4.01. The Balaban J connectivity index is 1.99. The molecule has 6 nitrogen and oxygen atoms in total. The molecular formula is C30H48NO5PS. The lowest BCUT2D eigenvalue weighted by Crippen LogP contribution is -2.29. The van der Waals surface area contributed by atoms with Crippen LogP contribution >= 0.6 is 19.4 Å². The van der Waals surface area contributed by atoms with E-state index in [9.17, 15) is 14.5 Å². The van der Waals surface area contributed by atoms with Gasteiger partial charge in [-0.15, -0.1) is 0 Å². The highest BCUT2D eigenvalue weighted by Crippen LogP contribution is 2.48. The number of carbonyl (C=O) groups is 1. The number of amides is 1. The summed E-state index contributed by atoms with van der Waals surface area (Å²) in [6.45, 7) is 17.7. The highest BCUT2D eigenvalue weighted by molar-refractivity contribution is 8.06. The van der Waals surface area contributed by atoms with Gasteiger partial charge in [0.1, 0.15) is 5.75 Å². The summed E-state index contributed by atoms with van der Waals surface area (Å²) in [5, 5.41) is 13.0. The minimum Gasteiger partial charge on any atom is -0.507 e. The number of benzene rings is 1. The molecule has 0 spiro atoms. The molecule has 1 N–H and O–H groups in total. The van der Waals surface area contributed by atoms with Crippen molar-refractivity contribution in [2.75, 3.05) is 25.9 Å². The third-order valence-electron chi connectivity index (χ3n) is 6.44. The van der Waals surface area contributed by atoms with Crippen LogP contribution in [0.3, 0.4) is 0 Å². The number of aromatic hydroxyl groups is 1. The number of rotatable bonds is 13. The molecule has 2 rings (SSSR count). The molecule has 1 heterocycles. The lowest BCUT2D eigenvalue weighted by molar-refractivity contribution is -0.124. The van der Waals surface area contributed by atoms with Crippen molar-refractivity contribution in [1.82, 2.24) is 4.90 Å². The van der Waals surface area contributed by atoms with E-state index in [-0.39, 0.29) is 16.7 Å². The molecule has 0 saturated carbocycles. The number of phenolic OH excluding ortho intramolecular Hbond substituents is 1. The summed E-state index contributed by atoms with van der Waals surface area (Å²) >= 11 is 1.44. The minimum atomic E-state index is -2.95. The van der Waals surface area contributed by atoms with Crippen molar-refractivity contribution in [3.05, 3.63) is 45.3 Å². The van der Waals surface area contributed by atoms with Gasteiger partial charge in [0.05, 0.1) is 24.3 Å². The van der Waals surface area contributed by atoms with Gasteiger partial charge in [0.2, 0.25) is 0 Å². The summed E-state index contributed by atoms with van der Waals surface area (Å²) in [5.74, 6) is 0.351. The highest BCUT2D eigenvalue weighted by atomic mass is 32.2. The topological polar surface area (TPSA) is 76.1 Å². The van der Waals surface area contributed by atoms with Gasteiger partial charge in [0.15, 0.2) is 0 Å². The highest BCUT2D eigenvalue weighted by Gasteiger charge is 2.27. The second kappa shape index (κ2) is 14.2. The number of thioether (sulfide) groups is 1. The van der Waals surface area contributed by atoms with Crippen LogP contribution in [0.15, 0.2) is 28.6 Å². The second-order valence-corrected chi connectivity index (χ2v) is 14.9. The fraction of sp³-hybridized carbons (Fsp3) is 0.633. The lowest BCUT2D eigenvalue weighted by atomic mass is 9.78. The van der Waals surface area contributed by atoms with Crippen LogP contribution in [-0.4, -0.2) is 41.8 Å². The zero-order valence-corrected chi connectivity index (χ0v) is 26.3. The average molecular weight is 566 g/mol. The Morgan fingerprint density at radius 1 is 0.921 bits per heavy atom. The lowest BCUT2D eigenvalue weighted by Gasteiger charge is -2.28. The molecule has 0 radical (unpaired) electrons. The maximum absolute atomic E-state index is 13.2. The first-order valence-electron chi connectivity index (χ1n) is 13.8. The summed E-state index contributed by atoms with van der Waals surface area (Å²) in [5.41, 5.74) is 2.25. The minimum absolute atomic E-state index is 0.00885. The van der Waals surface area contributed by atoms with Crippen molar-refractivity contribution in [2.24, 2.45) is 0 Å². The van der Waals surface area contributed by atoms with Gasteiger partial charge in [-0.05, 0) is 66.7 Å². The largest absolute Gasteiger partial charge is 0.507 e. The van der Waals surface area contributed by atoms with Crippen LogP contribution in [0, 0.1) is 0 Å².